The number of amides is 2. The van der Waals surface area contributed by atoms with Crippen molar-refractivity contribution < 1.29 is 4.79 Å². The van der Waals surface area contributed by atoms with Crippen molar-refractivity contribution in [2.24, 2.45) is 0 Å². The van der Waals surface area contributed by atoms with Gasteiger partial charge in [-0.15, -0.1) is 0 Å². The van der Waals surface area contributed by atoms with Crippen LogP contribution < -0.4 is 10.6 Å². The van der Waals surface area contributed by atoms with Crippen LogP contribution in [0.4, 0.5) is 10.6 Å². The molecular weight excluding hydrogens is 354 g/mol. The highest BCUT2D eigenvalue weighted by Crippen LogP contribution is 2.31. The molecule has 3 aromatic rings. The van der Waals surface area contributed by atoms with Gasteiger partial charge in [-0.05, 0) is 24.8 Å². The fourth-order valence-electron chi connectivity index (χ4n) is 3.78. The highest BCUT2D eigenvalue weighted by Gasteiger charge is 2.21. The zero-order chi connectivity index (χ0) is 19.2. The summed E-state index contributed by atoms with van der Waals surface area (Å²) < 4.78 is 3.71. The molecule has 1 aliphatic rings. The minimum Gasteiger partial charge on any atom is -0.331 e. The van der Waals surface area contributed by atoms with Crippen molar-refractivity contribution >= 4 is 11.8 Å². The minimum absolute atomic E-state index is 0.131. The second-order valence-corrected chi connectivity index (χ2v) is 7.11. The van der Waals surface area contributed by atoms with E-state index in [9.17, 15) is 4.79 Å². The largest absolute Gasteiger partial charge is 0.331 e. The molecule has 2 aromatic heterocycles. The molecule has 4 rings (SSSR count). The Morgan fingerprint density at radius 3 is 2.71 bits per heavy atom. The molecule has 146 valence electrons. The molecular formula is C20H25N7O. The smallest absolute Gasteiger partial charge is 0.320 e. The van der Waals surface area contributed by atoms with Gasteiger partial charge >= 0.3 is 6.03 Å². The van der Waals surface area contributed by atoms with E-state index in [0.29, 0.717) is 19.0 Å². The average Bonchev–Trinajstić information content (AvgIpc) is 3.48. The monoisotopic (exact) mass is 379 g/mol. The highest BCUT2D eigenvalue weighted by molar-refractivity contribution is 5.88. The molecule has 2 N–H and O–H groups in total. The Hall–Kier alpha value is -3.16. The van der Waals surface area contributed by atoms with E-state index in [1.165, 1.54) is 19.2 Å². The molecule has 2 amide bonds. The maximum absolute atomic E-state index is 12.7. The summed E-state index contributed by atoms with van der Waals surface area (Å²) in [6.45, 7) is 0.667. The van der Waals surface area contributed by atoms with Gasteiger partial charge in [-0.2, -0.15) is 10.2 Å². The van der Waals surface area contributed by atoms with Gasteiger partial charge in [0.05, 0.1) is 18.3 Å². The van der Waals surface area contributed by atoms with Crippen LogP contribution in [-0.2, 0) is 6.54 Å². The number of carbonyl (C=O) groups is 1. The predicted molar refractivity (Wildman–Crippen MR) is 106 cm³/mol. The zero-order valence-corrected chi connectivity index (χ0v) is 15.7. The number of nitrogens with one attached hydrogen (secondary N) is 2. The fraction of sp³-hybridized carbons (Fsp3) is 0.400. The third kappa shape index (κ3) is 4.39. The normalized spacial score (nSPS) is 15.4. The second kappa shape index (κ2) is 8.69. The molecule has 0 saturated heterocycles. The van der Waals surface area contributed by atoms with Crippen LogP contribution in [-0.4, -0.2) is 30.6 Å². The number of anilines is 1. The molecule has 0 spiro atoms. The molecule has 2 heterocycles. The maximum atomic E-state index is 12.7. The molecule has 8 heteroatoms. The lowest BCUT2D eigenvalue weighted by molar-refractivity contribution is 0.247. The molecule has 0 radical (unpaired) electrons. The third-order valence-corrected chi connectivity index (χ3v) is 5.20. The maximum Gasteiger partial charge on any atom is 0.320 e. The Balaban J connectivity index is 1.42. The molecule has 1 fully saturated rings. The Bertz CT molecular complexity index is 869. The molecule has 1 saturated carbocycles. The van der Waals surface area contributed by atoms with Gasteiger partial charge in [-0.25, -0.2) is 14.5 Å². The quantitative estimate of drug-likeness (QED) is 0.657. The molecule has 0 unspecified atom stereocenters. The van der Waals surface area contributed by atoms with Crippen LogP contribution in [0, 0.1) is 0 Å². The lowest BCUT2D eigenvalue weighted by atomic mass is 10.0. The van der Waals surface area contributed by atoms with E-state index in [-0.39, 0.29) is 12.1 Å². The number of benzene rings is 1. The van der Waals surface area contributed by atoms with E-state index in [1.807, 2.05) is 41.1 Å². The molecule has 8 nitrogen and oxygen atoms in total. The van der Waals surface area contributed by atoms with Crippen LogP contribution in [0.25, 0.3) is 0 Å². The van der Waals surface area contributed by atoms with Crippen LogP contribution >= 0.6 is 0 Å². The number of rotatable bonds is 7. The summed E-state index contributed by atoms with van der Waals surface area (Å²) in [5.41, 5.74) is 1.06. The summed E-state index contributed by atoms with van der Waals surface area (Å²) >= 11 is 0. The summed E-state index contributed by atoms with van der Waals surface area (Å²) in [7, 11) is 0. The van der Waals surface area contributed by atoms with E-state index in [2.05, 4.69) is 25.8 Å². The predicted octanol–water partition coefficient (Wildman–Crippen LogP) is 3.54. The van der Waals surface area contributed by atoms with Gasteiger partial charge in [-0.1, -0.05) is 43.2 Å². The summed E-state index contributed by atoms with van der Waals surface area (Å²) in [5.74, 6) is 0.743. The van der Waals surface area contributed by atoms with Gasteiger partial charge in [-0.3, -0.25) is 10.00 Å². The first-order valence-electron chi connectivity index (χ1n) is 9.78. The Morgan fingerprint density at radius 2 is 1.96 bits per heavy atom. The first-order chi connectivity index (χ1) is 13.8. The number of carbonyl (C=O) groups excluding carboxylic acids is 1. The van der Waals surface area contributed by atoms with E-state index >= 15 is 0 Å². The Morgan fingerprint density at radius 1 is 1.14 bits per heavy atom. The third-order valence-electron chi connectivity index (χ3n) is 5.20. The topological polar surface area (TPSA) is 89.7 Å². The van der Waals surface area contributed by atoms with Crippen molar-refractivity contribution in [3.05, 3.63) is 60.8 Å². The second-order valence-electron chi connectivity index (χ2n) is 7.11. The molecule has 1 aromatic carbocycles. The SMILES string of the molecule is O=C(Nc1ccnn1C1CCCC1)N[C@H](CCn1cncn1)c1ccccc1. The van der Waals surface area contributed by atoms with Crippen molar-refractivity contribution in [2.45, 2.75) is 50.7 Å². The number of aryl methyl sites for hydroxylation is 1. The van der Waals surface area contributed by atoms with Crippen LogP contribution in [0.2, 0.25) is 0 Å². The van der Waals surface area contributed by atoms with Crippen LogP contribution in [0.5, 0.6) is 0 Å². The minimum atomic E-state index is -0.229. The Kier molecular flexibility index (Phi) is 5.65. The van der Waals surface area contributed by atoms with Crippen molar-refractivity contribution in [1.82, 2.24) is 29.9 Å². The van der Waals surface area contributed by atoms with Crippen LogP contribution in [0.1, 0.15) is 49.8 Å². The number of hydrogen-bond acceptors (Lipinski definition) is 4. The van der Waals surface area contributed by atoms with Gasteiger partial charge in [0.25, 0.3) is 0 Å². The van der Waals surface area contributed by atoms with E-state index in [1.54, 1.807) is 17.2 Å². The summed E-state index contributed by atoms with van der Waals surface area (Å²) in [4.78, 5) is 16.7. The molecule has 28 heavy (non-hydrogen) atoms. The first kappa shape index (κ1) is 18.2. The number of hydrogen-bond donors (Lipinski definition) is 2. The van der Waals surface area contributed by atoms with Crippen LogP contribution in [0.15, 0.2) is 55.2 Å². The zero-order valence-electron chi connectivity index (χ0n) is 15.7. The van der Waals surface area contributed by atoms with Gasteiger partial charge in [0.15, 0.2) is 0 Å². The van der Waals surface area contributed by atoms with Gasteiger partial charge in [0.1, 0.15) is 18.5 Å². The lowest BCUT2D eigenvalue weighted by Crippen LogP contribution is -2.34. The van der Waals surface area contributed by atoms with Crippen molar-refractivity contribution in [3.8, 4) is 0 Å². The van der Waals surface area contributed by atoms with E-state index in [4.69, 9.17) is 0 Å². The molecule has 1 aliphatic carbocycles. The standard InChI is InChI=1S/C20H25N7O/c28-20(25-19-10-12-22-27(19)17-8-4-5-9-17)24-18(16-6-2-1-3-7-16)11-13-26-15-21-14-23-26/h1-3,6-7,10,12,14-15,17-18H,4-5,8-9,11,13H2,(H2,24,25,28)/t18-/m1/s1. The van der Waals surface area contributed by atoms with Crippen LogP contribution in [0.3, 0.4) is 0 Å². The molecule has 1 atom stereocenters. The number of urea groups is 1. The van der Waals surface area contributed by atoms with Crippen molar-refractivity contribution in [2.75, 3.05) is 5.32 Å². The average molecular weight is 379 g/mol. The molecule has 0 aliphatic heterocycles. The van der Waals surface area contributed by atoms with E-state index in [0.717, 1.165) is 24.2 Å². The number of aromatic nitrogens is 5. The van der Waals surface area contributed by atoms with Gasteiger partial charge < -0.3 is 5.32 Å². The summed E-state index contributed by atoms with van der Waals surface area (Å²) in [5, 5.41) is 14.6. The molecule has 0 bridgehead atoms. The number of nitrogens with zero attached hydrogens (tertiary/aromatic N) is 5. The highest BCUT2D eigenvalue weighted by atomic mass is 16.2. The van der Waals surface area contributed by atoms with Crippen molar-refractivity contribution in [3.63, 3.8) is 0 Å². The summed E-state index contributed by atoms with van der Waals surface area (Å²) in [6, 6.07) is 11.8. The van der Waals surface area contributed by atoms with Crippen molar-refractivity contribution in [1.29, 1.82) is 0 Å². The van der Waals surface area contributed by atoms with Gasteiger partial charge in [0, 0.05) is 12.6 Å². The summed E-state index contributed by atoms with van der Waals surface area (Å²) in [6.07, 6.45) is 10.3. The lowest BCUT2D eigenvalue weighted by Gasteiger charge is -2.20. The van der Waals surface area contributed by atoms with E-state index < -0.39 is 0 Å². The van der Waals surface area contributed by atoms with Gasteiger partial charge in [0.2, 0.25) is 0 Å². The first-order valence-corrected chi connectivity index (χ1v) is 9.78. The fourth-order valence-corrected chi connectivity index (χ4v) is 3.78. The Labute approximate surface area is 164 Å².